The van der Waals surface area contributed by atoms with Gasteiger partial charge in [-0.2, -0.15) is 0 Å². The monoisotopic (exact) mass is 252 g/mol. The fourth-order valence-electron chi connectivity index (χ4n) is 3.90. The van der Waals surface area contributed by atoms with Crippen LogP contribution in [0.3, 0.4) is 0 Å². The van der Waals surface area contributed by atoms with Gasteiger partial charge in [0, 0.05) is 12.6 Å². The molecule has 1 saturated carbocycles. The lowest BCUT2D eigenvalue weighted by Crippen LogP contribution is -2.44. The van der Waals surface area contributed by atoms with E-state index in [4.69, 9.17) is 0 Å². The molecular formula is C16H32N2. The minimum Gasteiger partial charge on any atom is -0.317 e. The zero-order valence-electron chi connectivity index (χ0n) is 12.7. The van der Waals surface area contributed by atoms with Crippen molar-refractivity contribution in [1.82, 2.24) is 10.2 Å². The van der Waals surface area contributed by atoms with Crippen molar-refractivity contribution in [2.75, 3.05) is 26.2 Å². The summed E-state index contributed by atoms with van der Waals surface area (Å²) in [5, 5.41) is 3.48. The Morgan fingerprint density at radius 2 is 1.89 bits per heavy atom. The molecule has 0 spiro atoms. The minimum atomic E-state index is 0.574. The molecule has 0 aromatic rings. The van der Waals surface area contributed by atoms with E-state index < -0.39 is 0 Å². The summed E-state index contributed by atoms with van der Waals surface area (Å²) in [5.74, 6) is 0.941. The number of nitrogens with zero attached hydrogens (tertiary/aromatic N) is 1. The molecule has 2 nitrogen and oxygen atoms in total. The summed E-state index contributed by atoms with van der Waals surface area (Å²) < 4.78 is 0. The average molecular weight is 252 g/mol. The van der Waals surface area contributed by atoms with E-state index in [1.165, 1.54) is 64.7 Å². The first-order valence-electron chi connectivity index (χ1n) is 8.05. The largest absolute Gasteiger partial charge is 0.317 e. The predicted octanol–water partition coefficient (Wildman–Crippen LogP) is 3.28. The topological polar surface area (TPSA) is 15.3 Å². The number of piperidine rings is 1. The van der Waals surface area contributed by atoms with Gasteiger partial charge in [0.05, 0.1) is 0 Å². The Morgan fingerprint density at radius 1 is 1.17 bits per heavy atom. The third kappa shape index (κ3) is 3.96. The Labute approximate surface area is 114 Å². The summed E-state index contributed by atoms with van der Waals surface area (Å²) >= 11 is 0. The van der Waals surface area contributed by atoms with Crippen LogP contribution in [0.5, 0.6) is 0 Å². The van der Waals surface area contributed by atoms with Gasteiger partial charge in [0.25, 0.3) is 0 Å². The van der Waals surface area contributed by atoms with Gasteiger partial charge in [-0.15, -0.1) is 0 Å². The van der Waals surface area contributed by atoms with Gasteiger partial charge in [-0.05, 0) is 63.1 Å². The number of nitrogens with one attached hydrogen (secondary N) is 1. The number of hydrogen-bond donors (Lipinski definition) is 1. The fourth-order valence-corrected chi connectivity index (χ4v) is 3.90. The molecule has 1 aliphatic heterocycles. The van der Waals surface area contributed by atoms with Crippen molar-refractivity contribution in [3.05, 3.63) is 0 Å². The molecule has 2 fully saturated rings. The SMILES string of the molecule is CCN(CC1CCNCC1)C1CCCC(C)(C)C1. The van der Waals surface area contributed by atoms with E-state index in [0.717, 1.165) is 12.0 Å². The highest BCUT2D eigenvalue weighted by molar-refractivity contribution is 4.86. The molecule has 1 heterocycles. The lowest BCUT2D eigenvalue weighted by molar-refractivity contribution is 0.0803. The molecule has 106 valence electrons. The standard InChI is InChI=1S/C16H32N2/c1-4-18(13-14-7-10-17-11-8-14)15-6-5-9-16(2,3)12-15/h14-15,17H,4-13H2,1-3H3. The second-order valence-corrected chi connectivity index (χ2v) is 7.20. The van der Waals surface area contributed by atoms with Crippen molar-refractivity contribution >= 4 is 0 Å². The van der Waals surface area contributed by atoms with Crippen LogP contribution in [0.25, 0.3) is 0 Å². The molecule has 2 rings (SSSR count). The Kier molecular flexibility index (Phi) is 5.08. The lowest BCUT2D eigenvalue weighted by Gasteiger charge is -2.42. The van der Waals surface area contributed by atoms with Crippen molar-refractivity contribution in [2.24, 2.45) is 11.3 Å². The first-order chi connectivity index (χ1) is 8.61. The number of rotatable bonds is 4. The van der Waals surface area contributed by atoms with Crippen molar-refractivity contribution in [3.8, 4) is 0 Å². The molecule has 1 N–H and O–H groups in total. The fraction of sp³-hybridized carbons (Fsp3) is 1.00. The Balaban J connectivity index is 1.86. The lowest BCUT2D eigenvalue weighted by atomic mass is 9.74. The van der Waals surface area contributed by atoms with Crippen LogP contribution in [0.15, 0.2) is 0 Å². The van der Waals surface area contributed by atoms with Gasteiger partial charge >= 0.3 is 0 Å². The summed E-state index contributed by atoms with van der Waals surface area (Å²) in [6, 6.07) is 0.855. The van der Waals surface area contributed by atoms with E-state index >= 15 is 0 Å². The van der Waals surface area contributed by atoms with Crippen molar-refractivity contribution in [1.29, 1.82) is 0 Å². The summed E-state index contributed by atoms with van der Waals surface area (Å²) in [6.07, 6.45) is 8.46. The molecule has 0 aromatic carbocycles. The van der Waals surface area contributed by atoms with E-state index in [1.807, 2.05) is 0 Å². The van der Waals surface area contributed by atoms with Crippen LogP contribution in [0.2, 0.25) is 0 Å². The maximum Gasteiger partial charge on any atom is 0.0100 e. The second-order valence-electron chi connectivity index (χ2n) is 7.20. The van der Waals surface area contributed by atoms with Gasteiger partial charge in [0.15, 0.2) is 0 Å². The average Bonchev–Trinajstić information content (AvgIpc) is 2.36. The van der Waals surface area contributed by atoms with Crippen molar-refractivity contribution < 1.29 is 0 Å². The van der Waals surface area contributed by atoms with Gasteiger partial charge in [-0.1, -0.05) is 27.2 Å². The molecule has 0 bridgehead atoms. The second kappa shape index (κ2) is 6.38. The van der Waals surface area contributed by atoms with Gasteiger partial charge in [-0.25, -0.2) is 0 Å². The highest BCUT2D eigenvalue weighted by atomic mass is 15.2. The highest BCUT2D eigenvalue weighted by Crippen LogP contribution is 2.37. The summed E-state index contributed by atoms with van der Waals surface area (Å²) in [6.45, 7) is 12.3. The molecule has 0 amide bonds. The highest BCUT2D eigenvalue weighted by Gasteiger charge is 2.31. The van der Waals surface area contributed by atoms with E-state index in [-0.39, 0.29) is 0 Å². The van der Waals surface area contributed by atoms with Crippen LogP contribution < -0.4 is 5.32 Å². The molecule has 18 heavy (non-hydrogen) atoms. The molecule has 2 heteroatoms. The van der Waals surface area contributed by atoms with Crippen LogP contribution in [0.1, 0.15) is 59.3 Å². The zero-order valence-corrected chi connectivity index (χ0v) is 12.7. The molecule has 2 aliphatic rings. The van der Waals surface area contributed by atoms with Crippen molar-refractivity contribution in [3.63, 3.8) is 0 Å². The molecular weight excluding hydrogens is 220 g/mol. The van der Waals surface area contributed by atoms with Crippen LogP contribution in [0.4, 0.5) is 0 Å². The summed E-state index contributed by atoms with van der Waals surface area (Å²) in [4.78, 5) is 2.79. The Hall–Kier alpha value is -0.0800. The first kappa shape index (κ1) is 14.3. The molecule has 1 saturated heterocycles. The van der Waals surface area contributed by atoms with E-state index in [9.17, 15) is 0 Å². The third-order valence-electron chi connectivity index (χ3n) is 5.05. The maximum atomic E-state index is 3.48. The van der Waals surface area contributed by atoms with Crippen LogP contribution in [-0.2, 0) is 0 Å². The van der Waals surface area contributed by atoms with Crippen LogP contribution in [-0.4, -0.2) is 37.1 Å². The van der Waals surface area contributed by atoms with Gasteiger partial charge in [-0.3, -0.25) is 0 Å². The van der Waals surface area contributed by atoms with Crippen LogP contribution in [0, 0.1) is 11.3 Å². The molecule has 0 radical (unpaired) electrons. The maximum absolute atomic E-state index is 3.48. The molecule has 1 aliphatic carbocycles. The zero-order chi connectivity index (χ0) is 13.0. The molecule has 1 unspecified atom stereocenters. The first-order valence-corrected chi connectivity index (χ1v) is 8.05. The van der Waals surface area contributed by atoms with E-state index in [2.05, 4.69) is 31.0 Å². The van der Waals surface area contributed by atoms with E-state index in [1.54, 1.807) is 0 Å². The summed E-state index contributed by atoms with van der Waals surface area (Å²) in [7, 11) is 0. The molecule has 0 aromatic heterocycles. The predicted molar refractivity (Wildman–Crippen MR) is 78.9 cm³/mol. The smallest absolute Gasteiger partial charge is 0.0100 e. The Morgan fingerprint density at radius 3 is 2.50 bits per heavy atom. The van der Waals surface area contributed by atoms with Gasteiger partial charge in [0.2, 0.25) is 0 Å². The summed E-state index contributed by atoms with van der Waals surface area (Å²) in [5.41, 5.74) is 0.574. The Bertz CT molecular complexity index is 243. The number of hydrogen-bond acceptors (Lipinski definition) is 2. The molecule has 1 atom stereocenters. The van der Waals surface area contributed by atoms with Gasteiger partial charge in [0.1, 0.15) is 0 Å². The minimum absolute atomic E-state index is 0.574. The normalized spacial score (nSPS) is 29.7. The van der Waals surface area contributed by atoms with E-state index in [0.29, 0.717) is 5.41 Å². The quantitative estimate of drug-likeness (QED) is 0.826. The van der Waals surface area contributed by atoms with Gasteiger partial charge < -0.3 is 10.2 Å². The third-order valence-corrected chi connectivity index (χ3v) is 5.05. The van der Waals surface area contributed by atoms with Crippen LogP contribution >= 0.6 is 0 Å². The van der Waals surface area contributed by atoms with Crippen molar-refractivity contribution in [2.45, 2.75) is 65.3 Å².